The minimum atomic E-state index is -0.883. The summed E-state index contributed by atoms with van der Waals surface area (Å²) in [4.78, 5) is 28.8. The molecule has 5 N–H and O–H groups in total. The second kappa shape index (κ2) is 9.75. The number of halogens is 2. The molecule has 1 heterocycles. The summed E-state index contributed by atoms with van der Waals surface area (Å²) in [6.45, 7) is 2.16. The number of nitrogens with two attached hydrogens (primary N) is 1. The van der Waals surface area contributed by atoms with Gasteiger partial charge in [-0.1, -0.05) is 11.6 Å². The van der Waals surface area contributed by atoms with Gasteiger partial charge in [0.05, 0.1) is 23.7 Å². The minimum absolute atomic E-state index is 0.0833. The van der Waals surface area contributed by atoms with Crippen LogP contribution in [0, 0.1) is 12.7 Å². The predicted octanol–water partition coefficient (Wildman–Crippen LogP) is 1.80. The van der Waals surface area contributed by atoms with E-state index < -0.39 is 23.8 Å². The van der Waals surface area contributed by atoms with Gasteiger partial charge in [-0.2, -0.15) is 0 Å². The van der Waals surface area contributed by atoms with Crippen LogP contribution in [-0.4, -0.2) is 35.9 Å². The summed E-state index contributed by atoms with van der Waals surface area (Å²) >= 11 is 7.15. The largest absolute Gasteiger partial charge is 0.348 e. The molecule has 0 saturated carbocycles. The van der Waals surface area contributed by atoms with Gasteiger partial charge in [0.15, 0.2) is 0 Å². The second-order valence-electron chi connectivity index (χ2n) is 5.90. The number of hydrogen-bond donors (Lipinski definition) is 4. The van der Waals surface area contributed by atoms with Gasteiger partial charge in [0, 0.05) is 16.8 Å². The van der Waals surface area contributed by atoms with Gasteiger partial charge in [-0.05, 0) is 38.6 Å². The zero-order valence-corrected chi connectivity index (χ0v) is 16.5. The summed E-state index contributed by atoms with van der Waals surface area (Å²) in [5, 5.41) is 10.7. The van der Waals surface area contributed by atoms with Gasteiger partial charge in [-0.15, -0.1) is 11.3 Å². The number of nitrogens with zero attached hydrogens (tertiary/aromatic N) is 1. The van der Waals surface area contributed by atoms with E-state index >= 15 is 0 Å². The first-order valence-corrected chi connectivity index (χ1v) is 9.43. The van der Waals surface area contributed by atoms with Crippen LogP contribution in [-0.2, 0) is 16.1 Å². The van der Waals surface area contributed by atoms with Crippen molar-refractivity contribution in [1.29, 1.82) is 0 Å². The lowest BCUT2D eigenvalue weighted by atomic mass is 10.1. The van der Waals surface area contributed by atoms with Crippen molar-refractivity contribution in [3.05, 3.63) is 45.1 Å². The van der Waals surface area contributed by atoms with Crippen LogP contribution in [0.25, 0.3) is 0 Å². The Morgan fingerprint density at radius 3 is 2.70 bits per heavy atom. The van der Waals surface area contributed by atoms with Gasteiger partial charge in [0.2, 0.25) is 11.8 Å². The van der Waals surface area contributed by atoms with Crippen molar-refractivity contribution in [2.75, 3.05) is 12.4 Å². The number of carbonyl (C=O) groups is 2. The summed E-state index contributed by atoms with van der Waals surface area (Å²) in [6.07, 6.45) is 0.0833. The fourth-order valence-electron chi connectivity index (χ4n) is 2.30. The molecule has 0 bridgehead atoms. The molecule has 0 spiro atoms. The van der Waals surface area contributed by atoms with Crippen molar-refractivity contribution in [1.82, 2.24) is 15.6 Å². The van der Waals surface area contributed by atoms with Gasteiger partial charge in [0.1, 0.15) is 10.8 Å². The molecular formula is C17H21ClFN5O2S. The van der Waals surface area contributed by atoms with Gasteiger partial charge >= 0.3 is 0 Å². The molecule has 1 aromatic heterocycles. The first-order valence-electron chi connectivity index (χ1n) is 8.17. The SMILES string of the molecule is CNC(CC(N)C(=O)NCc1nc(C)cs1)C(=O)Nc1ccc(F)c(Cl)c1. The molecule has 2 atom stereocenters. The molecule has 0 fully saturated rings. The molecule has 0 aliphatic rings. The molecule has 0 aliphatic heterocycles. The van der Waals surface area contributed by atoms with Crippen LogP contribution < -0.4 is 21.7 Å². The van der Waals surface area contributed by atoms with E-state index in [0.29, 0.717) is 5.69 Å². The fraction of sp³-hybridized carbons (Fsp3) is 0.353. The summed E-state index contributed by atoms with van der Waals surface area (Å²) in [7, 11) is 1.59. The van der Waals surface area contributed by atoms with Crippen LogP contribution in [0.3, 0.4) is 0 Å². The van der Waals surface area contributed by atoms with Crippen LogP contribution in [0.4, 0.5) is 10.1 Å². The molecule has 2 aromatic rings. The Kier molecular flexibility index (Phi) is 7.66. The Labute approximate surface area is 165 Å². The van der Waals surface area contributed by atoms with E-state index in [2.05, 4.69) is 20.9 Å². The smallest absolute Gasteiger partial charge is 0.241 e. The first kappa shape index (κ1) is 21.2. The van der Waals surface area contributed by atoms with Crippen molar-refractivity contribution in [2.45, 2.75) is 32.0 Å². The number of carbonyl (C=O) groups excluding carboxylic acids is 2. The van der Waals surface area contributed by atoms with Gasteiger partial charge in [-0.3, -0.25) is 9.59 Å². The number of thiazole rings is 1. The number of anilines is 1. The highest BCUT2D eigenvalue weighted by atomic mass is 35.5. The summed E-state index contributed by atoms with van der Waals surface area (Å²) in [5.41, 5.74) is 7.16. The highest BCUT2D eigenvalue weighted by Gasteiger charge is 2.24. The van der Waals surface area contributed by atoms with E-state index in [1.54, 1.807) is 7.05 Å². The molecule has 2 unspecified atom stereocenters. The van der Waals surface area contributed by atoms with Crippen molar-refractivity contribution >= 4 is 40.4 Å². The molecule has 7 nitrogen and oxygen atoms in total. The van der Waals surface area contributed by atoms with Crippen molar-refractivity contribution in [2.24, 2.45) is 5.73 Å². The van der Waals surface area contributed by atoms with Crippen LogP contribution in [0.15, 0.2) is 23.6 Å². The molecule has 1 aromatic carbocycles. The monoisotopic (exact) mass is 413 g/mol. The Bertz CT molecular complexity index is 816. The number of rotatable bonds is 8. The van der Waals surface area contributed by atoms with E-state index in [0.717, 1.165) is 16.8 Å². The Balaban J connectivity index is 1.88. The summed E-state index contributed by atoms with van der Waals surface area (Å²) < 4.78 is 13.2. The maximum atomic E-state index is 13.2. The van der Waals surface area contributed by atoms with Crippen LogP contribution in [0.1, 0.15) is 17.1 Å². The maximum absolute atomic E-state index is 13.2. The number of benzene rings is 1. The second-order valence-corrected chi connectivity index (χ2v) is 7.25. The predicted molar refractivity (Wildman–Crippen MR) is 104 cm³/mol. The fourth-order valence-corrected chi connectivity index (χ4v) is 3.19. The Morgan fingerprint density at radius 1 is 1.37 bits per heavy atom. The van der Waals surface area contributed by atoms with Gasteiger partial charge in [0.25, 0.3) is 0 Å². The van der Waals surface area contributed by atoms with Crippen molar-refractivity contribution in [3.8, 4) is 0 Å². The van der Waals surface area contributed by atoms with E-state index in [4.69, 9.17) is 17.3 Å². The molecule has 2 amide bonds. The lowest BCUT2D eigenvalue weighted by Gasteiger charge is -2.20. The molecule has 146 valence electrons. The molecular weight excluding hydrogens is 393 g/mol. The third-order valence-electron chi connectivity index (χ3n) is 3.76. The normalized spacial score (nSPS) is 13.1. The lowest BCUT2D eigenvalue weighted by molar-refractivity contribution is -0.123. The third-order valence-corrected chi connectivity index (χ3v) is 5.02. The van der Waals surface area contributed by atoms with E-state index in [-0.39, 0.29) is 23.9 Å². The lowest BCUT2D eigenvalue weighted by Crippen LogP contribution is -2.48. The number of nitrogens with one attached hydrogen (secondary N) is 3. The molecule has 27 heavy (non-hydrogen) atoms. The first-order chi connectivity index (χ1) is 12.8. The third kappa shape index (κ3) is 6.24. The van der Waals surface area contributed by atoms with E-state index in [1.165, 1.54) is 23.5 Å². The standard InChI is InChI=1S/C17H21ClFN5O2S/c1-9-8-27-15(23-9)7-22-16(25)13(20)6-14(21-2)17(26)24-10-3-4-12(19)11(18)5-10/h3-5,8,13-14,21H,6-7,20H2,1-2H3,(H,22,25)(H,24,26). The highest BCUT2D eigenvalue weighted by Crippen LogP contribution is 2.19. The molecule has 2 rings (SSSR count). The highest BCUT2D eigenvalue weighted by molar-refractivity contribution is 7.09. The van der Waals surface area contributed by atoms with Gasteiger partial charge < -0.3 is 21.7 Å². The molecule has 0 radical (unpaired) electrons. The molecule has 0 saturated heterocycles. The van der Waals surface area contributed by atoms with Crippen LogP contribution in [0.2, 0.25) is 5.02 Å². The zero-order valence-electron chi connectivity index (χ0n) is 14.9. The van der Waals surface area contributed by atoms with E-state index in [9.17, 15) is 14.0 Å². The summed E-state index contributed by atoms with van der Waals surface area (Å²) in [5.74, 6) is -1.35. The van der Waals surface area contributed by atoms with Crippen LogP contribution in [0.5, 0.6) is 0 Å². The van der Waals surface area contributed by atoms with E-state index in [1.807, 2.05) is 12.3 Å². The topological polar surface area (TPSA) is 109 Å². The molecule has 10 heteroatoms. The minimum Gasteiger partial charge on any atom is -0.348 e. The number of hydrogen-bond acceptors (Lipinski definition) is 6. The number of aryl methyl sites for hydroxylation is 1. The average Bonchev–Trinajstić information content (AvgIpc) is 3.05. The zero-order chi connectivity index (χ0) is 20.0. The Morgan fingerprint density at radius 2 is 2.11 bits per heavy atom. The maximum Gasteiger partial charge on any atom is 0.241 e. The Hall–Kier alpha value is -2.07. The van der Waals surface area contributed by atoms with Gasteiger partial charge in [-0.25, -0.2) is 9.37 Å². The summed E-state index contributed by atoms with van der Waals surface area (Å²) in [6, 6.07) is 2.27. The van der Waals surface area contributed by atoms with Crippen LogP contribution >= 0.6 is 22.9 Å². The number of amides is 2. The molecule has 0 aliphatic carbocycles. The van der Waals surface area contributed by atoms with Crippen molar-refractivity contribution < 1.29 is 14.0 Å². The van der Waals surface area contributed by atoms with Crippen molar-refractivity contribution in [3.63, 3.8) is 0 Å². The number of aromatic nitrogens is 1. The number of likely N-dealkylation sites (N-methyl/N-ethyl adjacent to an activating group) is 1. The average molecular weight is 414 g/mol. The quantitative estimate of drug-likeness (QED) is 0.527.